The summed E-state index contributed by atoms with van der Waals surface area (Å²) in [6.45, 7) is 1.98. The fourth-order valence-electron chi connectivity index (χ4n) is 0.278. The van der Waals surface area contributed by atoms with Crippen LogP contribution in [0.15, 0.2) is 0 Å². The second-order valence-corrected chi connectivity index (χ2v) is 5.89. The van der Waals surface area contributed by atoms with E-state index in [0.717, 1.165) is 5.75 Å². The van der Waals surface area contributed by atoms with Crippen molar-refractivity contribution in [1.82, 2.24) is 0 Å². The van der Waals surface area contributed by atoms with Crippen molar-refractivity contribution in [3.63, 3.8) is 0 Å². The number of hydrogen-bond donors (Lipinski definition) is 0. The molecule has 0 aliphatic carbocycles. The van der Waals surface area contributed by atoms with Gasteiger partial charge in [-0.3, -0.25) is 0 Å². The molecule has 0 aromatic heterocycles. The molecule has 11 heavy (non-hydrogen) atoms. The van der Waals surface area contributed by atoms with Gasteiger partial charge in [-0.2, -0.15) is 0 Å². The first-order valence-electron chi connectivity index (χ1n) is 2.74. The van der Waals surface area contributed by atoms with Crippen LogP contribution < -0.4 is 29.6 Å². The van der Waals surface area contributed by atoms with Crippen molar-refractivity contribution < 1.29 is 42.5 Å². The Balaban J connectivity index is 0. The van der Waals surface area contributed by atoms with Crippen LogP contribution in [0.1, 0.15) is 6.92 Å². The van der Waals surface area contributed by atoms with Gasteiger partial charge in [0.05, 0.1) is 10.1 Å². The summed E-state index contributed by atoms with van der Waals surface area (Å²) in [7, 11) is -1.01. The van der Waals surface area contributed by atoms with Crippen LogP contribution in [0.2, 0.25) is 0 Å². The molecule has 0 aromatic carbocycles. The van der Waals surface area contributed by atoms with E-state index >= 15 is 0 Å². The Bertz CT molecular complexity index is 167. The summed E-state index contributed by atoms with van der Waals surface area (Å²) in [6, 6.07) is 0. The van der Waals surface area contributed by atoms with Crippen molar-refractivity contribution >= 4 is 31.7 Å². The average molecular weight is 224 g/mol. The van der Waals surface area contributed by atoms with E-state index in [1.807, 2.05) is 6.92 Å². The maximum Gasteiger partial charge on any atom is 1.00 e. The first-order chi connectivity index (χ1) is 4.56. The molecule has 62 valence electrons. The molecule has 0 N–H and O–H groups in total. The molecule has 0 saturated carbocycles. The maximum atomic E-state index is 10.0. The van der Waals surface area contributed by atoms with E-state index < -0.39 is 10.1 Å². The fraction of sp³-hybridized carbons (Fsp3) is 1.00. The zero-order chi connectivity index (χ0) is 8.04. The van der Waals surface area contributed by atoms with Gasteiger partial charge in [-0.25, -0.2) is 8.42 Å². The minimum absolute atomic E-state index is 0. The molecule has 0 spiro atoms. The Hall–Kier alpha value is 1.61. The van der Waals surface area contributed by atoms with Crippen LogP contribution in [-0.4, -0.2) is 30.2 Å². The molecule has 0 aromatic rings. The van der Waals surface area contributed by atoms with Gasteiger partial charge in [0.15, 0.2) is 0 Å². The Morgan fingerprint density at radius 2 is 1.91 bits per heavy atom. The number of rotatable bonds is 5. The van der Waals surface area contributed by atoms with Crippen LogP contribution in [0.5, 0.6) is 0 Å². The van der Waals surface area contributed by atoms with Crippen molar-refractivity contribution in [2.45, 2.75) is 6.92 Å². The van der Waals surface area contributed by atoms with E-state index in [9.17, 15) is 13.0 Å². The third-order valence-electron chi connectivity index (χ3n) is 0.618. The van der Waals surface area contributed by atoms with Gasteiger partial charge in [0.25, 0.3) is 0 Å². The molecule has 0 amide bonds. The van der Waals surface area contributed by atoms with Crippen LogP contribution in [0, 0.1) is 0 Å². The smallest absolute Gasteiger partial charge is 0.748 e. The van der Waals surface area contributed by atoms with E-state index in [2.05, 4.69) is 0 Å². The predicted molar refractivity (Wildman–Crippen MR) is 45.2 cm³/mol. The van der Waals surface area contributed by atoms with E-state index in [0.29, 0.717) is 5.75 Å². The molecule has 0 aliphatic heterocycles. The summed E-state index contributed by atoms with van der Waals surface area (Å²) in [6.07, 6.45) is 0. The summed E-state index contributed by atoms with van der Waals surface area (Å²) in [5.74, 6) is 1.07. The zero-order valence-corrected chi connectivity index (χ0v) is 11.0. The summed E-state index contributed by atoms with van der Waals surface area (Å²) < 4.78 is 30.0. The summed E-state index contributed by atoms with van der Waals surface area (Å²) in [5.41, 5.74) is 0. The van der Waals surface area contributed by atoms with Crippen molar-refractivity contribution in [3.8, 4) is 0 Å². The fourth-order valence-corrected chi connectivity index (χ4v) is 3.12. The molecular weight excluding hydrogens is 215 g/mol. The Morgan fingerprint density at radius 1 is 1.36 bits per heavy atom. The van der Waals surface area contributed by atoms with Gasteiger partial charge in [0.1, 0.15) is 0 Å². The second-order valence-electron chi connectivity index (χ2n) is 1.49. The summed E-state index contributed by atoms with van der Waals surface area (Å²) in [5, 5.41) is 0. The second kappa shape index (κ2) is 8.22. The van der Waals surface area contributed by atoms with Gasteiger partial charge in [-0.1, -0.05) is 28.5 Å². The molecule has 0 radical (unpaired) electrons. The minimum Gasteiger partial charge on any atom is -0.748 e. The van der Waals surface area contributed by atoms with Crippen LogP contribution in [-0.2, 0) is 10.1 Å². The van der Waals surface area contributed by atoms with Crippen molar-refractivity contribution in [2.24, 2.45) is 0 Å². The summed E-state index contributed by atoms with van der Waals surface area (Å²) >= 11 is 0. The Labute approximate surface area is 97.5 Å². The van der Waals surface area contributed by atoms with Crippen LogP contribution >= 0.6 is 21.6 Å². The normalized spacial score (nSPS) is 10.7. The van der Waals surface area contributed by atoms with Gasteiger partial charge in [-0.15, -0.1) is 0 Å². The molecule has 0 aliphatic rings. The van der Waals surface area contributed by atoms with Crippen LogP contribution in [0.3, 0.4) is 0 Å². The van der Waals surface area contributed by atoms with Crippen molar-refractivity contribution in [3.05, 3.63) is 0 Å². The monoisotopic (exact) mass is 224 g/mol. The molecular formula is C4H9NaO3S3. The molecule has 3 nitrogen and oxygen atoms in total. The molecule has 0 saturated heterocycles. The Morgan fingerprint density at radius 3 is 2.27 bits per heavy atom. The van der Waals surface area contributed by atoms with Crippen molar-refractivity contribution in [1.29, 1.82) is 0 Å². The van der Waals surface area contributed by atoms with Crippen molar-refractivity contribution in [2.75, 3.05) is 17.3 Å². The van der Waals surface area contributed by atoms with Gasteiger partial charge >= 0.3 is 29.6 Å². The average Bonchev–Trinajstić information content (AvgIpc) is 1.78. The predicted octanol–water partition coefficient (Wildman–Crippen LogP) is -2.06. The first kappa shape index (κ1) is 15.1. The van der Waals surface area contributed by atoms with Crippen LogP contribution in [0.25, 0.3) is 0 Å². The first-order valence-corrected chi connectivity index (χ1v) is 6.81. The molecule has 0 atom stereocenters. The maximum absolute atomic E-state index is 10.0. The van der Waals surface area contributed by atoms with Gasteiger partial charge in [0.2, 0.25) is 0 Å². The topological polar surface area (TPSA) is 57.2 Å². The van der Waals surface area contributed by atoms with E-state index in [-0.39, 0.29) is 35.3 Å². The molecule has 0 bridgehead atoms. The van der Waals surface area contributed by atoms with Gasteiger partial charge < -0.3 is 4.55 Å². The zero-order valence-electron chi connectivity index (χ0n) is 6.57. The SMILES string of the molecule is CCSSCCS(=O)(=O)[O-].[Na+]. The molecule has 7 heteroatoms. The standard InChI is InChI=1S/C4H10O3S3.Na/c1-2-8-9-3-4-10(5,6)7;/h2-4H2,1H3,(H,5,6,7);/q;+1/p-1. The van der Waals surface area contributed by atoms with E-state index in [1.54, 1.807) is 10.8 Å². The Kier molecular flexibility index (Phi) is 11.3. The number of hydrogen-bond acceptors (Lipinski definition) is 5. The summed E-state index contributed by atoms with van der Waals surface area (Å²) in [4.78, 5) is 0. The minimum atomic E-state index is -3.99. The van der Waals surface area contributed by atoms with E-state index in [1.165, 1.54) is 10.8 Å². The largest absolute Gasteiger partial charge is 1.00 e. The molecule has 0 heterocycles. The molecule has 0 unspecified atom stereocenters. The van der Waals surface area contributed by atoms with Crippen LogP contribution in [0.4, 0.5) is 0 Å². The van der Waals surface area contributed by atoms with E-state index in [4.69, 9.17) is 0 Å². The molecule has 0 fully saturated rings. The third-order valence-corrected chi connectivity index (χ3v) is 4.06. The molecule has 0 rings (SSSR count). The van der Waals surface area contributed by atoms with Gasteiger partial charge in [-0.05, 0) is 0 Å². The third kappa shape index (κ3) is 14.5. The van der Waals surface area contributed by atoms with Gasteiger partial charge in [0, 0.05) is 17.3 Å². The quantitative estimate of drug-likeness (QED) is 0.232.